The highest BCUT2D eigenvalue weighted by atomic mass is 32.1. The third kappa shape index (κ3) is 2.14. The molecule has 3 aromatic rings. The van der Waals surface area contributed by atoms with Gasteiger partial charge in [0, 0.05) is 20.2 Å². The van der Waals surface area contributed by atoms with Gasteiger partial charge in [0.15, 0.2) is 0 Å². The summed E-state index contributed by atoms with van der Waals surface area (Å²) in [7, 11) is 0. The predicted molar refractivity (Wildman–Crippen MR) is 92.1 cm³/mol. The zero-order chi connectivity index (χ0) is 14.5. The van der Waals surface area contributed by atoms with Crippen LogP contribution >= 0.6 is 11.3 Å². The molecule has 1 aromatic heterocycles. The summed E-state index contributed by atoms with van der Waals surface area (Å²) in [4.78, 5) is 0. The summed E-state index contributed by atoms with van der Waals surface area (Å²) < 4.78 is 2.86. The Morgan fingerprint density at radius 3 is 2.30 bits per heavy atom. The number of thiophene rings is 1. The van der Waals surface area contributed by atoms with E-state index < -0.39 is 0 Å². The highest BCUT2D eigenvalue weighted by Crippen LogP contribution is 2.41. The van der Waals surface area contributed by atoms with Crippen molar-refractivity contribution in [1.29, 1.82) is 0 Å². The van der Waals surface area contributed by atoms with Gasteiger partial charge in [-0.3, -0.25) is 0 Å². The second kappa shape index (κ2) is 4.60. The van der Waals surface area contributed by atoms with Crippen LogP contribution in [0.3, 0.4) is 0 Å². The van der Waals surface area contributed by atoms with Crippen molar-refractivity contribution in [2.24, 2.45) is 0 Å². The monoisotopic (exact) mass is 282 g/mol. The Labute approximate surface area is 125 Å². The second-order valence-corrected chi connectivity index (χ2v) is 8.00. The van der Waals surface area contributed by atoms with Crippen molar-refractivity contribution in [1.82, 2.24) is 0 Å². The maximum Gasteiger partial charge on any atom is 0.0392 e. The van der Waals surface area contributed by atoms with E-state index in [1.54, 1.807) is 0 Å². The summed E-state index contributed by atoms with van der Waals surface area (Å²) >= 11 is 1.94. The van der Waals surface area contributed by atoms with E-state index in [2.05, 4.69) is 71.0 Å². The summed E-state index contributed by atoms with van der Waals surface area (Å²) in [6, 6.07) is 13.6. The van der Waals surface area contributed by atoms with Gasteiger partial charge >= 0.3 is 0 Å². The zero-order valence-corrected chi connectivity index (χ0v) is 13.8. The highest BCUT2D eigenvalue weighted by Gasteiger charge is 2.21. The molecule has 0 spiro atoms. The van der Waals surface area contributed by atoms with Gasteiger partial charge in [-0.1, -0.05) is 58.9 Å². The van der Waals surface area contributed by atoms with Gasteiger partial charge in [0.1, 0.15) is 0 Å². The van der Waals surface area contributed by atoms with E-state index in [0.29, 0.717) is 5.92 Å². The molecule has 0 nitrogen and oxygen atoms in total. The minimum atomic E-state index is 0.185. The van der Waals surface area contributed by atoms with Gasteiger partial charge in [0.25, 0.3) is 0 Å². The van der Waals surface area contributed by atoms with Crippen LogP contribution in [0.2, 0.25) is 0 Å². The quantitative estimate of drug-likeness (QED) is 0.479. The third-order valence-electron chi connectivity index (χ3n) is 3.98. The van der Waals surface area contributed by atoms with E-state index in [1.165, 1.54) is 31.3 Å². The predicted octanol–water partition coefficient (Wildman–Crippen LogP) is 6.48. The van der Waals surface area contributed by atoms with E-state index in [4.69, 9.17) is 0 Å². The van der Waals surface area contributed by atoms with Crippen molar-refractivity contribution in [3.8, 4) is 0 Å². The van der Waals surface area contributed by atoms with E-state index in [9.17, 15) is 0 Å². The van der Waals surface area contributed by atoms with Gasteiger partial charge in [0.05, 0.1) is 0 Å². The van der Waals surface area contributed by atoms with Crippen LogP contribution in [-0.4, -0.2) is 0 Å². The lowest BCUT2D eigenvalue weighted by atomic mass is 9.83. The van der Waals surface area contributed by atoms with Crippen molar-refractivity contribution in [2.45, 2.75) is 46.0 Å². The normalized spacial score (nSPS) is 12.7. The van der Waals surface area contributed by atoms with E-state index >= 15 is 0 Å². The maximum atomic E-state index is 2.42. The van der Waals surface area contributed by atoms with Crippen LogP contribution in [-0.2, 0) is 5.41 Å². The molecule has 0 amide bonds. The summed E-state index contributed by atoms with van der Waals surface area (Å²) in [6.07, 6.45) is 0. The molecular weight excluding hydrogens is 260 g/mol. The number of fused-ring (bicyclic) bond motifs is 3. The van der Waals surface area contributed by atoms with Crippen LogP contribution in [0.25, 0.3) is 20.2 Å². The third-order valence-corrected chi connectivity index (χ3v) is 5.20. The summed E-state index contributed by atoms with van der Waals surface area (Å²) in [5.41, 5.74) is 3.12. The van der Waals surface area contributed by atoms with E-state index in [1.807, 2.05) is 11.3 Å². The van der Waals surface area contributed by atoms with Gasteiger partial charge in [-0.15, -0.1) is 11.3 Å². The maximum absolute atomic E-state index is 2.42. The lowest BCUT2D eigenvalue weighted by Gasteiger charge is -2.22. The number of hydrogen-bond donors (Lipinski definition) is 0. The molecule has 3 rings (SSSR count). The van der Waals surface area contributed by atoms with Crippen LogP contribution in [0.15, 0.2) is 36.4 Å². The molecule has 2 aromatic carbocycles. The minimum Gasteiger partial charge on any atom is -0.135 e. The molecule has 20 heavy (non-hydrogen) atoms. The number of benzene rings is 2. The molecule has 0 aliphatic rings. The summed E-state index contributed by atoms with van der Waals surface area (Å²) in [5, 5.41) is 2.84. The average molecular weight is 282 g/mol. The van der Waals surface area contributed by atoms with Crippen molar-refractivity contribution >= 4 is 31.5 Å². The molecular formula is C19H22S. The van der Waals surface area contributed by atoms with Crippen molar-refractivity contribution in [3.63, 3.8) is 0 Å². The number of hydrogen-bond acceptors (Lipinski definition) is 1. The Hall–Kier alpha value is -1.34. The first-order valence-corrected chi connectivity index (χ1v) is 8.15. The second-order valence-electron chi connectivity index (χ2n) is 6.95. The van der Waals surface area contributed by atoms with Crippen LogP contribution in [0.5, 0.6) is 0 Å². The van der Waals surface area contributed by atoms with E-state index in [0.717, 1.165) is 0 Å². The van der Waals surface area contributed by atoms with Gasteiger partial charge in [-0.05, 0) is 34.6 Å². The fourth-order valence-electron chi connectivity index (χ4n) is 2.74. The lowest BCUT2D eigenvalue weighted by Crippen LogP contribution is -2.11. The van der Waals surface area contributed by atoms with Crippen LogP contribution < -0.4 is 0 Å². The SMILES string of the molecule is CC(C)c1cc(C(C)(C)C)c2sc3ccccc3c2c1. The van der Waals surface area contributed by atoms with Gasteiger partial charge in [0.2, 0.25) is 0 Å². The highest BCUT2D eigenvalue weighted by molar-refractivity contribution is 7.26. The largest absolute Gasteiger partial charge is 0.135 e. The molecule has 0 aliphatic heterocycles. The smallest absolute Gasteiger partial charge is 0.0392 e. The molecule has 0 fully saturated rings. The first-order valence-electron chi connectivity index (χ1n) is 7.33. The fourth-order valence-corrected chi connectivity index (χ4v) is 4.15. The van der Waals surface area contributed by atoms with E-state index in [-0.39, 0.29) is 5.41 Å². The molecule has 0 N–H and O–H groups in total. The first kappa shape index (κ1) is 13.6. The Balaban J connectivity index is 2.47. The molecule has 0 aliphatic carbocycles. The standard InChI is InChI=1S/C19H22S/c1-12(2)13-10-15-14-8-6-7-9-17(14)20-18(15)16(11-13)19(3,4)5/h6-12H,1-5H3. The molecule has 0 atom stereocenters. The van der Waals surface area contributed by atoms with Crippen LogP contribution in [0.4, 0.5) is 0 Å². The Bertz CT molecular complexity index is 769. The molecule has 0 radical (unpaired) electrons. The van der Waals surface area contributed by atoms with Crippen LogP contribution in [0, 0.1) is 0 Å². The van der Waals surface area contributed by atoms with Gasteiger partial charge in [-0.25, -0.2) is 0 Å². The summed E-state index contributed by atoms with van der Waals surface area (Å²) in [6.45, 7) is 11.5. The summed E-state index contributed by atoms with van der Waals surface area (Å²) in [5.74, 6) is 0.569. The molecule has 0 saturated carbocycles. The topological polar surface area (TPSA) is 0 Å². The van der Waals surface area contributed by atoms with Crippen molar-refractivity contribution < 1.29 is 0 Å². The molecule has 104 valence electrons. The fraction of sp³-hybridized carbons (Fsp3) is 0.368. The van der Waals surface area contributed by atoms with Gasteiger partial charge < -0.3 is 0 Å². The molecule has 1 heteroatoms. The lowest BCUT2D eigenvalue weighted by molar-refractivity contribution is 0.595. The molecule has 1 heterocycles. The van der Waals surface area contributed by atoms with Crippen molar-refractivity contribution in [3.05, 3.63) is 47.5 Å². The Morgan fingerprint density at radius 1 is 0.950 bits per heavy atom. The first-order chi connectivity index (χ1) is 9.38. The van der Waals surface area contributed by atoms with Gasteiger partial charge in [-0.2, -0.15) is 0 Å². The molecule has 0 bridgehead atoms. The Morgan fingerprint density at radius 2 is 1.65 bits per heavy atom. The molecule has 0 unspecified atom stereocenters. The average Bonchev–Trinajstić information content (AvgIpc) is 2.74. The Kier molecular flexibility index (Phi) is 3.13. The number of rotatable bonds is 1. The minimum absolute atomic E-state index is 0.185. The van der Waals surface area contributed by atoms with Crippen LogP contribution in [0.1, 0.15) is 51.7 Å². The molecule has 0 saturated heterocycles. The zero-order valence-electron chi connectivity index (χ0n) is 12.9. The van der Waals surface area contributed by atoms with Crippen molar-refractivity contribution in [2.75, 3.05) is 0 Å².